The summed E-state index contributed by atoms with van der Waals surface area (Å²) in [5.74, 6) is -1.14. The molecular formula is C17H9F6NO3. The van der Waals surface area contributed by atoms with Gasteiger partial charge in [0.05, 0.1) is 16.7 Å². The quantitative estimate of drug-likeness (QED) is 0.335. The molecule has 3 rings (SSSR count). The third-order valence-electron chi connectivity index (χ3n) is 3.50. The van der Waals surface area contributed by atoms with E-state index in [0.717, 1.165) is 0 Å². The van der Waals surface area contributed by atoms with Crippen molar-refractivity contribution in [2.24, 2.45) is 0 Å². The topological polar surface area (TPSA) is 52.3 Å². The minimum Gasteiger partial charge on any atom is -0.441 e. The van der Waals surface area contributed by atoms with Gasteiger partial charge in [0.15, 0.2) is 11.5 Å². The molecule has 4 nitrogen and oxygen atoms in total. The summed E-state index contributed by atoms with van der Waals surface area (Å²) in [6, 6.07) is 4.50. The van der Waals surface area contributed by atoms with Gasteiger partial charge in [-0.05, 0) is 30.3 Å². The highest BCUT2D eigenvalue weighted by Gasteiger charge is 2.37. The number of halogens is 6. The Morgan fingerprint density at radius 3 is 2.11 bits per heavy atom. The molecule has 0 amide bonds. The number of benzene rings is 2. The molecule has 27 heavy (non-hydrogen) atoms. The molecule has 0 bridgehead atoms. The Morgan fingerprint density at radius 1 is 0.963 bits per heavy atom. The first kappa shape index (κ1) is 18.7. The van der Waals surface area contributed by atoms with Gasteiger partial charge in [0.25, 0.3) is 0 Å². The van der Waals surface area contributed by atoms with E-state index in [4.69, 9.17) is 9.15 Å². The van der Waals surface area contributed by atoms with E-state index in [9.17, 15) is 31.1 Å². The summed E-state index contributed by atoms with van der Waals surface area (Å²) in [5.41, 5.74) is -3.39. The number of hydrogen-bond donors (Lipinski definition) is 0. The first-order valence-electron chi connectivity index (χ1n) is 7.32. The van der Waals surface area contributed by atoms with Gasteiger partial charge in [-0.15, -0.1) is 0 Å². The second kappa shape index (κ2) is 6.29. The molecule has 0 aliphatic heterocycles. The predicted octanol–water partition coefficient (Wildman–Crippen LogP) is 5.39. The van der Waals surface area contributed by atoms with Crippen LogP contribution in [0.2, 0.25) is 0 Å². The second-order valence-corrected chi connectivity index (χ2v) is 5.55. The van der Waals surface area contributed by atoms with Crippen LogP contribution in [0.15, 0.2) is 40.8 Å². The van der Waals surface area contributed by atoms with Gasteiger partial charge in [-0.3, -0.25) is 0 Å². The van der Waals surface area contributed by atoms with Crippen LogP contribution in [-0.4, -0.2) is 11.0 Å². The van der Waals surface area contributed by atoms with Crippen LogP contribution in [0.5, 0.6) is 5.75 Å². The van der Waals surface area contributed by atoms with Crippen molar-refractivity contribution in [3.05, 3.63) is 59.0 Å². The number of aromatic nitrogens is 1. The zero-order chi connectivity index (χ0) is 20.0. The van der Waals surface area contributed by atoms with Gasteiger partial charge < -0.3 is 9.15 Å². The summed E-state index contributed by atoms with van der Waals surface area (Å²) in [6.45, 7) is 1.58. The van der Waals surface area contributed by atoms with E-state index >= 15 is 0 Å². The highest BCUT2D eigenvalue weighted by molar-refractivity contribution is 5.92. The van der Waals surface area contributed by atoms with Crippen LogP contribution >= 0.6 is 0 Å². The number of carbonyl (C=O) groups is 1. The maximum atomic E-state index is 12.9. The van der Waals surface area contributed by atoms with Gasteiger partial charge in [-0.2, -0.15) is 26.3 Å². The van der Waals surface area contributed by atoms with E-state index in [1.807, 2.05) is 0 Å². The number of rotatable bonds is 2. The van der Waals surface area contributed by atoms with Gasteiger partial charge in [0, 0.05) is 13.0 Å². The lowest BCUT2D eigenvalue weighted by atomic mass is 10.0. The summed E-state index contributed by atoms with van der Waals surface area (Å²) in [7, 11) is 0. The van der Waals surface area contributed by atoms with Crippen LogP contribution in [0, 0.1) is 6.92 Å². The fourth-order valence-corrected chi connectivity index (χ4v) is 2.32. The Hall–Kier alpha value is -3.04. The van der Waals surface area contributed by atoms with Gasteiger partial charge in [0.2, 0.25) is 0 Å². The van der Waals surface area contributed by atoms with E-state index < -0.39 is 35.0 Å². The number of aryl methyl sites for hydroxylation is 1. The van der Waals surface area contributed by atoms with E-state index in [1.165, 1.54) is 18.2 Å². The van der Waals surface area contributed by atoms with Crippen molar-refractivity contribution in [2.45, 2.75) is 19.3 Å². The molecule has 0 saturated heterocycles. The van der Waals surface area contributed by atoms with Crippen LogP contribution in [-0.2, 0) is 12.4 Å². The molecule has 0 radical (unpaired) electrons. The van der Waals surface area contributed by atoms with E-state index in [1.54, 1.807) is 6.92 Å². The van der Waals surface area contributed by atoms with E-state index in [2.05, 4.69) is 4.98 Å². The lowest BCUT2D eigenvalue weighted by Crippen LogP contribution is -2.15. The van der Waals surface area contributed by atoms with Crippen LogP contribution in [0.4, 0.5) is 26.3 Å². The molecule has 0 aliphatic carbocycles. The average molecular weight is 389 g/mol. The number of hydrogen-bond acceptors (Lipinski definition) is 4. The zero-order valence-corrected chi connectivity index (χ0v) is 13.4. The second-order valence-electron chi connectivity index (χ2n) is 5.55. The number of alkyl halides is 6. The summed E-state index contributed by atoms with van der Waals surface area (Å²) in [5, 5.41) is 0. The highest BCUT2D eigenvalue weighted by Crippen LogP contribution is 2.36. The molecule has 0 aliphatic rings. The Bertz CT molecular complexity index is 987. The Labute approximate surface area is 147 Å². The van der Waals surface area contributed by atoms with Crippen molar-refractivity contribution in [1.29, 1.82) is 0 Å². The van der Waals surface area contributed by atoms with Crippen LogP contribution in [0.1, 0.15) is 27.4 Å². The first-order chi connectivity index (χ1) is 12.4. The zero-order valence-electron chi connectivity index (χ0n) is 13.4. The van der Waals surface area contributed by atoms with Crippen molar-refractivity contribution in [1.82, 2.24) is 4.98 Å². The van der Waals surface area contributed by atoms with Crippen molar-refractivity contribution >= 4 is 17.1 Å². The third-order valence-corrected chi connectivity index (χ3v) is 3.50. The molecule has 0 atom stereocenters. The lowest BCUT2D eigenvalue weighted by molar-refractivity contribution is -0.143. The number of esters is 1. The summed E-state index contributed by atoms with van der Waals surface area (Å²) < 4.78 is 87.3. The fourth-order valence-electron chi connectivity index (χ4n) is 2.32. The van der Waals surface area contributed by atoms with Crippen LogP contribution in [0.25, 0.3) is 11.1 Å². The summed E-state index contributed by atoms with van der Waals surface area (Å²) in [6.07, 6.45) is -10.1. The molecule has 0 spiro atoms. The normalized spacial score (nSPS) is 12.4. The van der Waals surface area contributed by atoms with Crippen molar-refractivity contribution < 1.29 is 40.3 Å². The van der Waals surface area contributed by atoms with Crippen LogP contribution in [0.3, 0.4) is 0 Å². The van der Waals surface area contributed by atoms with E-state index in [0.29, 0.717) is 29.1 Å². The van der Waals surface area contributed by atoms with Crippen molar-refractivity contribution in [3.8, 4) is 5.75 Å². The first-order valence-corrected chi connectivity index (χ1v) is 7.32. The van der Waals surface area contributed by atoms with Crippen LogP contribution < -0.4 is 4.74 Å². The lowest BCUT2D eigenvalue weighted by Gasteiger charge is -2.13. The fraction of sp³-hybridized carbons (Fsp3) is 0.176. The van der Waals surface area contributed by atoms with Gasteiger partial charge >= 0.3 is 18.3 Å². The third kappa shape index (κ3) is 4.04. The molecule has 10 heteroatoms. The van der Waals surface area contributed by atoms with Gasteiger partial charge in [-0.25, -0.2) is 9.78 Å². The van der Waals surface area contributed by atoms with Gasteiger partial charge in [0.1, 0.15) is 11.3 Å². The molecule has 2 aromatic carbocycles. The molecule has 0 saturated carbocycles. The molecule has 1 heterocycles. The Kier molecular flexibility index (Phi) is 4.37. The molecule has 0 unspecified atom stereocenters. The number of ether oxygens (including phenoxy) is 1. The predicted molar refractivity (Wildman–Crippen MR) is 80.2 cm³/mol. The SMILES string of the molecule is Cc1nc2cc(OC(=O)c3cc(C(F)(F)F)cc(C(F)(F)F)c3)ccc2o1. The largest absolute Gasteiger partial charge is 0.441 e. The molecule has 0 N–H and O–H groups in total. The Balaban J connectivity index is 1.97. The minimum atomic E-state index is -5.06. The molecule has 3 aromatic rings. The van der Waals surface area contributed by atoms with Crippen molar-refractivity contribution in [2.75, 3.05) is 0 Å². The number of fused-ring (bicyclic) bond motifs is 1. The maximum Gasteiger partial charge on any atom is 0.416 e. The smallest absolute Gasteiger partial charge is 0.416 e. The highest BCUT2D eigenvalue weighted by atomic mass is 19.4. The van der Waals surface area contributed by atoms with E-state index in [-0.39, 0.29) is 11.8 Å². The molecule has 0 fully saturated rings. The number of nitrogens with zero attached hydrogens (tertiary/aromatic N) is 1. The molecule has 1 aromatic heterocycles. The Morgan fingerprint density at radius 2 is 1.56 bits per heavy atom. The maximum absolute atomic E-state index is 12.9. The molecule has 142 valence electrons. The standard InChI is InChI=1S/C17H9F6NO3/c1-8-24-13-7-12(2-3-14(13)26-8)27-15(25)9-4-10(16(18,19)20)6-11(5-9)17(21,22)23/h2-7H,1H3. The molecular weight excluding hydrogens is 380 g/mol. The summed E-state index contributed by atoms with van der Waals surface area (Å²) in [4.78, 5) is 16.1. The van der Waals surface area contributed by atoms with Gasteiger partial charge in [-0.1, -0.05) is 0 Å². The van der Waals surface area contributed by atoms with Crippen molar-refractivity contribution in [3.63, 3.8) is 0 Å². The summed E-state index contributed by atoms with van der Waals surface area (Å²) >= 11 is 0. The average Bonchev–Trinajstić information content (AvgIpc) is 2.92. The number of carbonyl (C=O) groups excluding carboxylic acids is 1. The minimum absolute atomic E-state index is 0.0684. The number of oxazole rings is 1. The monoisotopic (exact) mass is 389 g/mol.